The van der Waals surface area contributed by atoms with Gasteiger partial charge in [0.05, 0.1) is 5.52 Å². The Kier molecular flexibility index (Phi) is 7.37. The Hall–Kier alpha value is -3.22. The van der Waals surface area contributed by atoms with Crippen molar-refractivity contribution in [1.82, 2.24) is 25.2 Å². The van der Waals surface area contributed by atoms with Gasteiger partial charge in [-0.05, 0) is 43.9 Å². The van der Waals surface area contributed by atoms with Crippen molar-refractivity contribution >= 4 is 22.8 Å². The number of nitrogens with one attached hydrogen (secondary N) is 1. The number of unbranched alkanes of at least 4 members (excludes halogenated alkanes) is 1. The van der Waals surface area contributed by atoms with E-state index < -0.39 is 6.04 Å². The molecule has 7 heteroatoms. The Balaban J connectivity index is 1.64. The van der Waals surface area contributed by atoms with Crippen molar-refractivity contribution < 1.29 is 9.59 Å². The van der Waals surface area contributed by atoms with E-state index >= 15 is 0 Å². The first-order chi connectivity index (χ1) is 16.1. The van der Waals surface area contributed by atoms with Crippen LogP contribution in [0.25, 0.3) is 11.0 Å². The fourth-order valence-electron chi connectivity index (χ4n) is 4.55. The molecule has 7 nitrogen and oxygen atoms in total. The number of para-hydroxylation sites is 1. The summed E-state index contributed by atoms with van der Waals surface area (Å²) >= 11 is 0. The van der Waals surface area contributed by atoms with Crippen LogP contribution in [0, 0.1) is 6.92 Å². The van der Waals surface area contributed by atoms with E-state index in [9.17, 15) is 9.59 Å². The Morgan fingerprint density at radius 3 is 2.58 bits per heavy atom. The molecule has 1 aliphatic carbocycles. The predicted molar refractivity (Wildman–Crippen MR) is 128 cm³/mol. The van der Waals surface area contributed by atoms with Crippen LogP contribution in [0.5, 0.6) is 0 Å². The summed E-state index contributed by atoms with van der Waals surface area (Å²) in [6, 6.07) is 15.0. The van der Waals surface area contributed by atoms with Crippen LogP contribution in [0.2, 0.25) is 0 Å². The van der Waals surface area contributed by atoms with Crippen molar-refractivity contribution in [2.24, 2.45) is 0 Å². The summed E-state index contributed by atoms with van der Waals surface area (Å²) in [7, 11) is 0. The van der Waals surface area contributed by atoms with E-state index in [4.69, 9.17) is 0 Å². The monoisotopic (exact) mass is 447 g/mol. The largest absolute Gasteiger partial charge is 0.351 e. The van der Waals surface area contributed by atoms with Crippen molar-refractivity contribution in [1.29, 1.82) is 0 Å². The third-order valence-electron chi connectivity index (χ3n) is 6.43. The summed E-state index contributed by atoms with van der Waals surface area (Å²) < 4.78 is 1.62. The fraction of sp³-hybridized carbons (Fsp3) is 0.462. The number of benzene rings is 2. The van der Waals surface area contributed by atoms with E-state index in [0.29, 0.717) is 6.54 Å². The summed E-state index contributed by atoms with van der Waals surface area (Å²) in [5.41, 5.74) is 3.52. The second-order valence-corrected chi connectivity index (χ2v) is 8.98. The van der Waals surface area contributed by atoms with E-state index in [-0.39, 0.29) is 24.4 Å². The quantitative estimate of drug-likeness (QED) is 0.534. The zero-order valence-electron chi connectivity index (χ0n) is 19.5. The molecule has 3 aromatic rings. The molecule has 0 spiro atoms. The van der Waals surface area contributed by atoms with E-state index in [1.54, 1.807) is 9.58 Å². The summed E-state index contributed by atoms with van der Waals surface area (Å²) in [4.78, 5) is 28.9. The van der Waals surface area contributed by atoms with E-state index in [1.807, 2.05) is 55.5 Å². The van der Waals surface area contributed by atoms with Crippen molar-refractivity contribution in [3.05, 3.63) is 59.7 Å². The van der Waals surface area contributed by atoms with Crippen LogP contribution < -0.4 is 5.32 Å². The summed E-state index contributed by atoms with van der Waals surface area (Å²) in [5.74, 6) is -0.232. The molecule has 0 aliphatic heterocycles. The molecule has 1 heterocycles. The molecule has 4 rings (SSSR count). The molecule has 1 fully saturated rings. The van der Waals surface area contributed by atoms with Crippen molar-refractivity contribution in [3.63, 3.8) is 0 Å². The highest BCUT2D eigenvalue weighted by Gasteiger charge is 2.33. The normalized spacial score (nSPS) is 15.0. The van der Waals surface area contributed by atoms with Gasteiger partial charge in [0.2, 0.25) is 11.8 Å². The Labute approximate surface area is 195 Å². The third kappa shape index (κ3) is 5.41. The number of aromatic nitrogens is 3. The first-order valence-electron chi connectivity index (χ1n) is 12.0. The number of rotatable bonds is 9. The minimum absolute atomic E-state index is 0.0449. The van der Waals surface area contributed by atoms with Gasteiger partial charge in [0.1, 0.15) is 18.1 Å². The number of hydrogen-bond acceptors (Lipinski definition) is 4. The maximum absolute atomic E-state index is 13.6. The van der Waals surface area contributed by atoms with Gasteiger partial charge in [-0.3, -0.25) is 9.59 Å². The highest BCUT2D eigenvalue weighted by molar-refractivity contribution is 5.89. The predicted octanol–water partition coefficient (Wildman–Crippen LogP) is 4.17. The minimum Gasteiger partial charge on any atom is -0.351 e. The fourth-order valence-corrected chi connectivity index (χ4v) is 4.55. The molecule has 1 N–H and O–H groups in total. The highest BCUT2D eigenvalue weighted by Crippen LogP contribution is 2.26. The molecule has 33 heavy (non-hydrogen) atoms. The molecule has 1 atom stereocenters. The Morgan fingerprint density at radius 1 is 1.12 bits per heavy atom. The van der Waals surface area contributed by atoms with Gasteiger partial charge in [-0.1, -0.05) is 73.4 Å². The van der Waals surface area contributed by atoms with Crippen molar-refractivity contribution in [2.45, 2.75) is 71.0 Å². The van der Waals surface area contributed by atoms with Gasteiger partial charge < -0.3 is 10.2 Å². The van der Waals surface area contributed by atoms with E-state index in [1.165, 1.54) is 0 Å². The summed E-state index contributed by atoms with van der Waals surface area (Å²) in [5, 5.41) is 11.6. The summed E-state index contributed by atoms with van der Waals surface area (Å²) in [6.07, 6.45) is 6.03. The zero-order valence-corrected chi connectivity index (χ0v) is 19.5. The first kappa shape index (κ1) is 23.0. The molecule has 0 radical (unpaired) electrons. The Morgan fingerprint density at radius 2 is 1.85 bits per heavy atom. The second kappa shape index (κ2) is 10.6. The lowest BCUT2D eigenvalue weighted by Crippen LogP contribution is -2.47. The van der Waals surface area contributed by atoms with Gasteiger partial charge in [-0.2, -0.15) is 0 Å². The standard InChI is InChI=1S/C26H33N5O2/c1-3-4-17-30(24(32)18-31-23-12-8-7-11-22(23)28-29-31)25(20-15-13-19(2)14-16-20)26(33)27-21-9-5-6-10-21/h7-8,11-16,21,25H,3-6,9-10,17-18H2,1-2H3,(H,27,33)/t25-/m0/s1. The maximum atomic E-state index is 13.6. The van der Waals surface area contributed by atoms with Crippen molar-refractivity contribution in [2.75, 3.05) is 6.54 Å². The number of fused-ring (bicyclic) bond motifs is 1. The lowest BCUT2D eigenvalue weighted by Gasteiger charge is -2.32. The van der Waals surface area contributed by atoms with Gasteiger partial charge >= 0.3 is 0 Å². The van der Waals surface area contributed by atoms with Crippen LogP contribution in [-0.4, -0.2) is 44.3 Å². The highest BCUT2D eigenvalue weighted by atomic mass is 16.2. The van der Waals surface area contributed by atoms with Crippen LogP contribution in [-0.2, 0) is 16.1 Å². The van der Waals surface area contributed by atoms with Gasteiger partial charge in [-0.25, -0.2) is 4.68 Å². The lowest BCUT2D eigenvalue weighted by atomic mass is 10.0. The van der Waals surface area contributed by atoms with Crippen LogP contribution in [0.1, 0.15) is 62.6 Å². The van der Waals surface area contributed by atoms with Crippen LogP contribution >= 0.6 is 0 Å². The lowest BCUT2D eigenvalue weighted by molar-refractivity contribution is -0.141. The molecule has 0 unspecified atom stereocenters. The average molecular weight is 448 g/mol. The molecular formula is C26H33N5O2. The topological polar surface area (TPSA) is 80.1 Å². The van der Waals surface area contributed by atoms with E-state index in [2.05, 4.69) is 22.6 Å². The SMILES string of the molecule is CCCCN(C(=O)Cn1nnc2ccccc21)[C@H](C(=O)NC1CCCC1)c1ccc(C)cc1. The van der Waals surface area contributed by atoms with E-state index in [0.717, 1.165) is 60.7 Å². The van der Waals surface area contributed by atoms with Crippen LogP contribution in [0.4, 0.5) is 0 Å². The second-order valence-electron chi connectivity index (χ2n) is 8.98. The van der Waals surface area contributed by atoms with Gasteiger partial charge in [-0.15, -0.1) is 5.10 Å². The maximum Gasteiger partial charge on any atom is 0.247 e. The number of carbonyl (C=O) groups excluding carboxylic acids is 2. The number of amides is 2. The average Bonchev–Trinajstić information content (AvgIpc) is 3.47. The molecule has 0 bridgehead atoms. The Bertz CT molecular complexity index is 1090. The minimum atomic E-state index is -0.667. The smallest absolute Gasteiger partial charge is 0.247 e. The number of nitrogens with zero attached hydrogens (tertiary/aromatic N) is 4. The molecule has 174 valence electrons. The zero-order chi connectivity index (χ0) is 23.2. The van der Waals surface area contributed by atoms with Crippen molar-refractivity contribution in [3.8, 4) is 0 Å². The molecule has 2 aromatic carbocycles. The molecule has 1 aromatic heterocycles. The van der Waals surface area contributed by atoms with Gasteiger partial charge in [0.15, 0.2) is 0 Å². The molecule has 0 saturated heterocycles. The molecular weight excluding hydrogens is 414 g/mol. The van der Waals surface area contributed by atoms with Gasteiger partial charge in [0, 0.05) is 12.6 Å². The number of aryl methyl sites for hydroxylation is 1. The molecule has 1 saturated carbocycles. The molecule has 2 amide bonds. The summed E-state index contributed by atoms with van der Waals surface area (Å²) in [6.45, 7) is 4.67. The molecule has 1 aliphatic rings. The number of carbonyl (C=O) groups is 2. The van der Waals surface area contributed by atoms with Crippen LogP contribution in [0.3, 0.4) is 0 Å². The number of hydrogen-bond donors (Lipinski definition) is 1. The van der Waals surface area contributed by atoms with Crippen LogP contribution in [0.15, 0.2) is 48.5 Å². The van der Waals surface area contributed by atoms with Gasteiger partial charge in [0.25, 0.3) is 0 Å². The first-order valence-corrected chi connectivity index (χ1v) is 12.0. The third-order valence-corrected chi connectivity index (χ3v) is 6.43.